The molecule has 0 fully saturated rings. The van der Waals surface area contributed by atoms with E-state index in [1.165, 1.54) is 16.7 Å². The summed E-state index contributed by atoms with van der Waals surface area (Å²) in [7, 11) is 0. The highest BCUT2D eigenvalue weighted by molar-refractivity contribution is 5.36. The lowest BCUT2D eigenvalue weighted by atomic mass is 9.94. The Hall–Kier alpha value is -1.71. The van der Waals surface area contributed by atoms with Gasteiger partial charge < -0.3 is 0 Å². The zero-order valence-corrected chi connectivity index (χ0v) is 12.4. The molecule has 1 atom stereocenters. The van der Waals surface area contributed by atoms with Crippen LogP contribution in [0.25, 0.3) is 0 Å². The zero-order valence-electron chi connectivity index (χ0n) is 12.4. The molecule has 2 aromatic rings. The molecule has 0 aliphatic rings. The number of benzene rings is 1. The lowest BCUT2D eigenvalue weighted by molar-refractivity contribution is 0.624. The van der Waals surface area contributed by atoms with Crippen molar-refractivity contribution in [3.8, 4) is 0 Å². The molecule has 0 aliphatic heterocycles. The summed E-state index contributed by atoms with van der Waals surface area (Å²) >= 11 is 0. The first-order valence-electron chi connectivity index (χ1n) is 7.07. The molecule has 0 spiro atoms. The van der Waals surface area contributed by atoms with Crippen molar-refractivity contribution in [1.29, 1.82) is 0 Å². The number of aromatic nitrogens is 1. The van der Waals surface area contributed by atoms with E-state index in [0.717, 1.165) is 12.0 Å². The van der Waals surface area contributed by atoms with Gasteiger partial charge >= 0.3 is 0 Å². The number of nitrogens with two attached hydrogens (primary N) is 1. The van der Waals surface area contributed by atoms with Gasteiger partial charge in [-0.3, -0.25) is 10.8 Å². The van der Waals surface area contributed by atoms with Gasteiger partial charge in [0.15, 0.2) is 0 Å². The molecule has 0 radical (unpaired) electrons. The van der Waals surface area contributed by atoms with Gasteiger partial charge in [-0.05, 0) is 47.6 Å². The molecule has 1 aromatic carbocycles. The van der Waals surface area contributed by atoms with Crippen LogP contribution in [0.1, 0.15) is 42.1 Å². The van der Waals surface area contributed by atoms with Crippen LogP contribution in [0.4, 0.5) is 0 Å². The molecule has 1 unspecified atom stereocenters. The van der Waals surface area contributed by atoms with Crippen LogP contribution in [0.15, 0.2) is 42.7 Å². The molecule has 2 rings (SSSR count). The fraction of sp³-hybridized carbons (Fsp3) is 0.353. The van der Waals surface area contributed by atoms with Gasteiger partial charge in [0.05, 0.1) is 6.04 Å². The van der Waals surface area contributed by atoms with Gasteiger partial charge in [0.1, 0.15) is 0 Å². The molecule has 1 aromatic heterocycles. The maximum atomic E-state index is 5.78. The average molecular weight is 269 g/mol. The Kier molecular flexibility index (Phi) is 4.88. The highest BCUT2D eigenvalue weighted by Crippen LogP contribution is 2.24. The van der Waals surface area contributed by atoms with E-state index in [9.17, 15) is 0 Å². The van der Waals surface area contributed by atoms with Gasteiger partial charge in [0.2, 0.25) is 0 Å². The highest BCUT2D eigenvalue weighted by Gasteiger charge is 2.15. The van der Waals surface area contributed by atoms with Crippen molar-refractivity contribution in [2.45, 2.75) is 33.2 Å². The van der Waals surface area contributed by atoms with Gasteiger partial charge in [-0.2, -0.15) is 0 Å². The third-order valence-electron chi connectivity index (χ3n) is 3.49. The van der Waals surface area contributed by atoms with Crippen molar-refractivity contribution in [2.24, 2.45) is 11.8 Å². The lowest BCUT2D eigenvalue weighted by Crippen LogP contribution is -2.29. The Morgan fingerprint density at radius 1 is 1.25 bits per heavy atom. The summed E-state index contributed by atoms with van der Waals surface area (Å²) in [5, 5.41) is 0. The monoisotopic (exact) mass is 269 g/mol. The number of hydrogen-bond acceptors (Lipinski definition) is 3. The van der Waals surface area contributed by atoms with E-state index in [1.54, 1.807) is 0 Å². The van der Waals surface area contributed by atoms with Gasteiger partial charge in [-0.25, -0.2) is 5.43 Å². The van der Waals surface area contributed by atoms with Crippen LogP contribution >= 0.6 is 0 Å². The highest BCUT2D eigenvalue weighted by atomic mass is 15.2. The van der Waals surface area contributed by atoms with Crippen LogP contribution in [0, 0.1) is 12.8 Å². The Morgan fingerprint density at radius 2 is 2.05 bits per heavy atom. The topological polar surface area (TPSA) is 50.9 Å². The first-order chi connectivity index (χ1) is 9.61. The summed E-state index contributed by atoms with van der Waals surface area (Å²) in [6.07, 6.45) is 4.77. The molecule has 106 valence electrons. The van der Waals surface area contributed by atoms with E-state index in [0.29, 0.717) is 5.92 Å². The summed E-state index contributed by atoms with van der Waals surface area (Å²) in [6.45, 7) is 6.55. The largest absolute Gasteiger partial charge is 0.271 e. The van der Waals surface area contributed by atoms with Gasteiger partial charge in [0.25, 0.3) is 0 Å². The van der Waals surface area contributed by atoms with Crippen molar-refractivity contribution in [3.63, 3.8) is 0 Å². The van der Waals surface area contributed by atoms with Crippen LogP contribution in [-0.4, -0.2) is 4.98 Å². The van der Waals surface area contributed by atoms with E-state index < -0.39 is 0 Å². The number of hydrogen-bond donors (Lipinski definition) is 2. The summed E-state index contributed by atoms with van der Waals surface area (Å²) < 4.78 is 0. The first-order valence-corrected chi connectivity index (χ1v) is 7.07. The van der Waals surface area contributed by atoms with Crippen LogP contribution in [0.3, 0.4) is 0 Å². The van der Waals surface area contributed by atoms with Crippen LogP contribution in [0.2, 0.25) is 0 Å². The van der Waals surface area contributed by atoms with E-state index in [-0.39, 0.29) is 6.04 Å². The summed E-state index contributed by atoms with van der Waals surface area (Å²) in [6, 6.07) is 10.6. The minimum Gasteiger partial charge on any atom is -0.271 e. The molecule has 0 saturated carbocycles. The standard InChI is InChI=1S/C17H23N3/c1-12(2)9-14-5-4-6-15(10-14)17(20-18)16-11-19-8-7-13(16)3/h4-8,10-12,17,20H,9,18H2,1-3H3. The predicted molar refractivity (Wildman–Crippen MR) is 83.1 cm³/mol. The SMILES string of the molecule is Cc1ccncc1C(NN)c1cccc(CC(C)C)c1. The maximum Gasteiger partial charge on any atom is 0.0727 e. The number of nitrogens with zero attached hydrogens (tertiary/aromatic N) is 1. The van der Waals surface area contributed by atoms with Crippen LogP contribution in [0.5, 0.6) is 0 Å². The molecule has 3 heteroatoms. The van der Waals surface area contributed by atoms with E-state index in [2.05, 4.69) is 55.4 Å². The van der Waals surface area contributed by atoms with Crippen molar-refractivity contribution in [2.75, 3.05) is 0 Å². The normalized spacial score (nSPS) is 12.7. The molecule has 0 bridgehead atoms. The Labute approximate surface area is 121 Å². The van der Waals surface area contributed by atoms with Crippen molar-refractivity contribution in [1.82, 2.24) is 10.4 Å². The Balaban J connectivity index is 2.35. The van der Waals surface area contributed by atoms with Crippen molar-refractivity contribution >= 4 is 0 Å². The van der Waals surface area contributed by atoms with E-state index in [1.807, 2.05) is 18.5 Å². The average Bonchev–Trinajstić information content (AvgIpc) is 2.41. The minimum absolute atomic E-state index is 0.0178. The summed E-state index contributed by atoms with van der Waals surface area (Å²) in [5.74, 6) is 6.43. The van der Waals surface area contributed by atoms with Gasteiger partial charge in [-0.15, -0.1) is 0 Å². The maximum absolute atomic E-state index is 5.78. The predicted octanol–water partition coefficient (Wildman–Crippen LogP) is 3.14. The van der Waals surface area contributed by atoms with Crippen LogP contribution < -0.4 is 11.3 Å². The number of aryl methyl sites for hydroxylation is 1. The molecular weight excluding hydrogens is 246 g/mol. The second-order valence-corrected chi connectivity index (χ2v) is 5.67. The fourth-order valence-electron chi connectivity index (χ4n) is 2.52. The number of pyridine rings is 1. The molecule has 3 N–H and O–H groups in total. The number of rotatable bonds is 5. The summed E-state index contributed by atoms with van der Waals surface area (Å²) in [5.41, 5.74) is 7.76. The van der Waals surface area contributed by atoms with Crippen molar-refractivity contribution in [3.05, 3.63) is 65.0 Å². The van der Waals surface area contributed by atoms with E-state index >= 15 is 0 Å². The molecule has 0 aliphatic carbocycles. The van der Waals surface area contributed by atoms with Crippen LogP contribution in [-0.2, 0) is 6.42 Å². The molecule has 0 saturated heterocycles. The fourth-order valence-corrected chi connectivity index (χ4v) is 2.52. The second-order valence-electron chi connectivity index (χ2n) is 5.67. The minimum atomic E-state index is -0.0178. The molecular formula is C17H23N3. The number of nitrogens with one attached hydrogen (secondary N) is 1. The lowest BCUT2D eigenvalue weighted by Gasteiger charge is -2.19. The second kappa shape index (κ2) is 6.64. The Morgan fingerprint density at radius 3 is 2.70 bits per heavy atom. The van der Waals surface area contributed by atoms with Gasteiger partial charge in [-0.1, -0.05) is 38.1 Å². The van der Waals surface area contributed by atoms with Gasteiger partial charge in [0, 0.05) is 12.4 Å². The summed E-state index contributed by atoms with van der Waals surface area (Å²) in [4.78, 5) is 4.22. The first kappa shape index (κ1) is 14.7. The van der Waals surface area contributed by atoms with Crippen molar-refractivity contribution < 1.29 is 0 Å². The third kappa shape index (κ3) is 3.44. The third-order valence-corrected chi connectivity index (χ3v) is 3.49. The van der Waals surface area contributed by atoms with E-state index in [4.69, 9.17) is 5.84 Å². The molecule has 1 heterocycles. The number of hydrazine groups is 1. The molecule has 20 heavy (non-hydrogen) atoms. The Bertz CT molecular complexity index is 564. The quantitative estimate of drug-likeness (QED) is 0.647. The molecule has 0 amide bonds. The molecule has 3 nitrogen and oxygen atoms in total. The zero-order chi connectivity index (χ0) is 14.5. The smallest absolute Gasteiger partial charge is 0.0727 e.